The van der Waals surface area contributed by atoms with Gasteiger partial charge in [-0.05, 0) is 215 Å². The molecule has 0 saturated carbocycles. The highest BCUT2D eigenvalue weighted by molar-refractivity contribution is 6.25. The monoisotopic (exact) mass is 1100 g/mol. The Labute approximate surface area is 501 Å². The van der Waals surface area contributed by atoms with Crippen molar-refractivity contribution in [2.24, 2.45) is 0 Å². The SMILES string of the molecule is CC1(C)c2cc(-c3ccc4ccc5c6cc(-c7c8ccccc8c(-c8ccc9ccccc9c8)c8ccccc78)ccc6oc5c4c3)ccc2-c2ccc(-c3c4ccccc4c(-c4ccc5oc6cc7ccccc7cc6c5c4)c4ccccc34)cc21. The fourth-order valence-electron chi connectivity index (χ4n) is 15.4. The Balaban J connectivity index is 0.694. The molecule has 1 aliphatic carbocycles. The highest BCUT2D eigenvalue weighted by Crippen LogP contribution is 2.53. The molecule has 0 N–H and O–H groups in total. The average Bonchev–Trinajstić information content (AvgIpc) is 2.60. The van der Waals surface area contributed by atoms with Crippen molar-refractivity contribution in [3.63, 3.8) is 0 Å². The van der Waals surface area contributed by atoms with E-state index in [2.05, 4.69) is 293 Å². The number of rotatable bonds is 5. The van der Waals surface area contributed by atoms with Crippen molar-refractivity contribution in [1.29, 1.82) is 0 Å². The molecule has 2 heteroatoms. The molecular weight excluding hydrogens is 1050 g/mol. The molecule has 18 aromatic rings. The van der Waals surface area contributed by atoms with E-state index < -0.39 is 0 Å². The van der Waals surface area contributed by atoms with E-state index in [-0.39, 0.29) is 5.41 Å². The first-order valence-corrected chi connectivity index (χ1v) is 30.3. The Bertz CT molecular complexity index is 5930. The first-order valence-electron chi connectivity index (χ1n) is 30.3. The first kappa shape index (κ1) is 48.3. The molecule has 0 saturated heterocycles. The largest absolute Gasteiger partial charge is 0.456 e. The van der Waals surface area contributed by atoms with E-state index in [1.54, 1.807) is 0 Å². The topological polar surface area (TPSA) is 26.3 Å². The Morgan fingerprint density at radius 2 is 0.575 bits per heavy atom. The van der Waals surface area contributed by atoms with Crippen molar-refractivity contribution in [3.8, 4) is 66.8 Å². The van der Waals surface area contributed by atoms with Crippen LogP contribution in [0.4, 0.5) is 0 Å². The van der Waals surface area contributed by atoms with Gasteiger partial charge in [0.15, 0.2) is 0 Å². The molecule has 0 spiro atoms. The predicted molar refractivity (Wildman–Crippen MR) is 368 cm³/mol. The molecule has 1 aliphatic rings. The summed E-state index contributed by atoms with van der Waals surface area (Å²) < 4.78 is 13.4. The van der Waals surface area contributed by atoms with E-state index >= 15 is 0 Å². The van der Waals surface area contributed by atoms with Gasteiger partial charge in [-0.15, -0.1) is 0 Å². The van der Waals surface area contributed by atoms with Gasteiger partial charge >= 0.3 is 0 Å². The van der Waals surface area contributed by atoms with E-state index in [0.717, 1.165) is 54.6 Å². The Morgan fingerprint density at radius 3 is 1.14 bits per heavy atom. The zero-order valence-corrected chi connectivity index (χ0v) is 47.9. The van der Waals surface area contributed by atoms with Crippen LogP contribution in [0.25, 0.3) is 186 Å². The van der Waals surface area contributed by atoms with E-state index in [0.29, 0.717) is 0 Å². The second-order valence-corrected chi connectivity index (χ2v) is 24.6. The van der Waals surface area contributed by atoms with Crippen LogP contribution in [-0.2, 0) is 5.41 Å². The van der Waals surface area contributed by atoms with E-state index in [4.69, 9.17) is 8.83 Å². The molecule has 2 aromatic heterocycles. The summed E-state index contributed by atoms with van der Waals surface area (Å²) in [5.41, 5.74) is 20.8. The van der Waals surface area contributed by atoms with E-state index in [1.165, 1.54) is 143 Å². The van der Waals surface area contributed by atoms with Gasteiger partial charge in [-0.25, -0.2) is 0 Å². The molecule has 16 aromatic carbocycles. The third kappa shape index (κ3) is 7.04. The van der Waals surface area contributed by atoms with Crippen LogP contribution in [0.15, 0.2) is 288 Å². The number of furan rings is 2. The van der Waals surface area contributed by atoms with Crippen LogP contribution in [0.5, 0.6) is 0 Å². The average molecular weight is 1110 g/mol. The smallest absolute Gasteiger partial charge is 0.143 e. The van der Waals surface area contributed by atoms with Crippen molar-refractivity contribution in [1.82, 2.24) is 0 Å². The van der Waals surface area contributed by atoms with E-state index in [1.807, 2.05) is 0 Å². The first-order chi connectivity index (χ1) is 42.9. The summed E-state index contributed by atoms with van der Waals surface area (Å²) >= 11 is 0. The summed E-state index contributed by atoms with van der Waals surface area (Å²) in [7, 11) is 0. The number of fused-ring (bicyclic) bond motifs is 17. The van der Waals surface area contributed by atoms with Gasteiger partial charge in [0.05, 0.1) is 0 Å². The van der Waals surface area contributed by atoms with Crippen molar-refractivity contribution in [2.45, 2.75) is 19.3 Å². The quantitative estimate of drug-likeness (QED) is 0.161. The maximum atomic E-state index is 6.95. The van der Waals surface area contributed by atoms with Gasteiger partial charge in [0.1, 0.15) is 22.3 Å². The molecule has 404 valence electrons. The van der Waals surface area contributed by atoms with Gasteiger partial charge < -0.3 is 8.83 Å². The highest BCUT2D eigenvalue weighted by atomic mass is 16.3. The molecule has 0 amide bonds. The lowest BCUT2D eigenvalue weighted by Gasteiger charge is -2.23. The lowest BCUT2D eigenvalue weighted by molar-refractivity contribution is 0.661. The fraction of sp³-hybridized carbons (Fsp3) is 0.0353. The molecule has 0 aliphatic heterocycles. The summed E-state index contributed by atoms with van der Waals surface area (Å²) in [5.74, 6) is 0. The standard InChI is InChI=1S/C85H52O2/c1-85(2)75-46-55(32-36-60(75)61-37-33-59(47-76(61)85)83-68-25-13-11-23-66(68)82(67-24-12-14-26-69(67)83)58-34-39-77-73(45-58)74-43-52-17-5-6-18-53(52)48-79(74)86-77)54-29-28-50-31-38-70-72-44-57(35-40-78(72)87-84(70)71(50)42-54)81-64-21-9-7-19-62(64)80(63-20-8-10-22-65(63)81)56-30-27-49-15-3-4-16-51(49)41-56/h3-48H,1-2H3. The molecule has 0 fully saturated rings. The van der Waals surface area contributed by atoms with Gasteiger partial charge in [-0.2, -0.15) is 0 Å². The number of hydrogen-bond acceptors (Lipinski definition) is 2. The highest BCUT2D eigenvalue weighted by Gasteiger charge is 2.36. The zero-order chi connectivity index (χ0) is 57.2. The summed E-state index contributed by atoms with van der Waals surface area (Å²) in [4.78, 5) is 0. The van der Waals surface area contributed by atoms with Gasteiger partial charge in [-0.3, -0.25) is 0 Å². The Hall–Kier alpha value is -11.1. The third-order valence-corrected chi connectivity index (χ3v) is 19.6. The van der Waals surface area contributed by atoms with Crippen molar-refractivity contribution < 1.29 is 8.83 Å². The van der Waals surface area contributed by atoms with Gasteiger partial charge in [0, 0.05) is 32.3 Å². The second kappa shape index (κ2) is 18.0. The Morgan fingerprint density at radius 1 is 0.218 bits per heavy atom. The molecule has 87 heavy (non-hydrogen) atoms. The predicted octanol–water partition coefficient (Wildman–Crippen LogP) is 24.2. The molecule has 0 unspecified atom stereocenters. The molecule has 2 nitrogen and oxygen atoms in total. The number of hydrogen-bond donors (Lipinski definition) is 0. The molecular formula is C85H52O2. The van der Waals surface area contributed by atoms with Crippen LogP contribution >= 0.6 is 0 Å². The zero-order valence-electron chi connectivity index (χ0n) is 47.9. The van der Waals surface area contributed by atoms with Gasteiger partial charge in [0.2, 0.25) is 0 Å². The van der Waals surface area contributed by atoms with Crippen LogP contribution in [-0.4, -0.2) is 0 Å². The summed E-state index contributed by atoms with van der Waals surface area (Å²) in [6.07, 6.45) is 0. The molecule has 19 rings (SSSR count). The third-order valence-electron chi connectivity index (χ3n) is 19.6. The van der Waals surface area contributed by atoms with Crippen molar-refractivity contribution in [3.05, 3.63) is 290 Å². The van der Waals surface area contributed by atoms with Gasteiger partial charge in [-0.1, -0.05) is 226 Å². The summed E-state index contributed by atoms with van der Waals surface area (Å²) in [6.45, 7) is 4.81. The Kier molecular flexibility index (Phi) is 9.99. The number of benzene rings is 16. The lowest BCUT2D eigenvalue weighted by Crippen LogP contribution is -2.15. The van der Waals surface area contributed by atoms with Crippen LogP contribution < -0.4 is 0 Å². The molecule has 0 radical (unpaired) electrons. The fourth-order valence-corrected chi connectivity index (χ4v) is 15.4. The van der Waals surface area contributed by atoms with Crippen LogP contribution in [0.2, 0.25) is 0 Å². The molecule has 0 bridgehead atoms. The maximum Gasteiger partial charge on any atom is 0.143 e. The van der Waals surface area contributed by atoms with Crippen molar-refractivity contribution >= 4 is 119 Å². The normalized spacial score (nSPS) is 13.0. The van der Waals surface area contributed by atoms with Crippen LogP contribution in [0.3, 0.4) is 0 Å². The minimum Gasteiger partial charge on any atom is -0.456 e. The molecule has 2 heterocycles. The second-order valence-electron chi connectivity index (χ2n) is 24.6. The minimum absolute atomic E-state index is 0.260. The van der Waals surface area contributed by atoms with Crippen LogP contribution in [0, 0.1) is 0 Å². The molecule has 0 atom stereocenters. The summed E-state index contributed by atoms with van der Waals surface area (Å²) in [5, 5.41) is 21.6. The van der Waals surface area contributed by atoms with E-state index in [9.17, 15) is 0 Å². The summed E-state index contributed by atoms with van der Waals surface area (Å²) in [6, 6.07) is 104. The van der Waals surface area contributed by atoms with Crippen LogP contribution in [0.1, 0.15) is 25.0 Å². The minimum atomic E-state index is -0.260. The maximum absolute atomic E-state index is 6.95. The lowest BCUT2D eigenvalue weighted by atomic mass is 9.80. The van der Waals surface area contributed by atoms with Crippen molar-refractivity contribution in [2.75, 3.05) is 0 Å². The van der Waals surface area contributed by atoms with Gasteiger partial charge in [0.25, 0.3) is 0 Å².